The van der Waals surface area contributed by atoms with E-state index in [0.29, 0.717) is 31.3 Å². The van der Waals surface area contributed by atoms with E-state index in [0.717, 1.165) is 25.9 Å². The van der Waals surface area contributed by atoms with Gasteiger partial charge in [-0.25, -0.2) is 8.42 Å². The third-order valence-electron chi connectivity index (χ3n) is 4.76. The molecule has 2 N–H and O–H groups in total. The maximum Gasteiger partial charge on any atom is 0.255 e. The van der Waals surface area contributed by atoms with Gasteiger partial charge in [-0.3, -0.25) is 4.79 Å². The van der Waals surface area contributed by atoms with Crippen LogP contribution in [0.15, 0.2) is 23.1 Å². The van der Waals surface area contributed by atoms with Crippen LogP contribution in [-0.2, 0) is 10.0 Å². The Morgan fingerprint density at radius 2 is 2.04 bits per heavy atom. The Bertz CT molecular complexity index is 717. The summed E-state index contributed by atoms with van der Waals surface area (Å²) in [5, 5.41) is 6.18. The number of hydrogen-bond donors (Lipinski definition) is 2. The average molecular weight is 420 g/mol. The lowest BCUT2D eigenvalue weighted by atomic mass is 10.1. The van der Waals surface area contributed by atoms with Crippen LogP contribution in [0, 0.1) is 5.92 Å². The van der Waals surface area contributed by atoms with Crippen LogP contribution in [0.5, 0.6) is 5.75 Å². The van der Waals surface area contributed by atoms with E-state index in [9.17, 15) is 13.2 Å². The predicted molar refractivity (Wildman–Crippen MR) is 108 cm³/mol. The Kier molecular flexibility index (Phi) is 9.52. The van der Waals surface area contributed by atoms with Crippen molar-refractivity contribution in [1.82, 2.24) is 14.9 Å². The molecule has 1 aliphatic rings. The summed E-state index contributed by atoms with van der Waals surface area (Å²) in [5.41, 5.74) is 0.241. The number of nitrogens with one attached hydrogen (secondary N) is 2. The smallest absolute Gasteiger partial charge is 0.255 e. The normalized spacial score (nSPS) is 16.8. The molecule has 2 rings (SSSR count). The Labute approximate surface area is 168 Å². The molecular formula is C18H30ClN3O4S. The second kappa shape index (κ2) is 10.8. The number of benzene rings is 1. The van der Waals surface area contributed by atoms with Crippen molar-refractivity contribution < 1.29 is 17.9 Å². The highest BCUT2D eigenvalue weighted by Crippen LogP contribution is 2.24. The molecule has 1 aromatic rings. The number of amides is 1. The number of hydrogen-bond acceptors (Lipinski definition) is 5. The first kappa shape index (κ1) is 23.7. The highest BCUT2D eigenvalue weighted by molar-refractivity contribution is 7.89. The van der Waals surface area contributed by atoms with Gasteiger partial charge in [0.1, 0.15) is 5.75 Å². The summed E-state index contributed by atoms with van der Waals surface area (Å²) >= 11 is 0. The largest absolute Gasteiger partial charge is 0.496 e. The Morgan fingerprint density at radius 3 is 2.59 bits per heavy atom. The van der Waals surface area contributed by atoms with Gasteiger partial charge in [-0.05, 0) is 50.0 Å². The topological polar surface area (TPSA) is 87.7 Å². The average Bonchev–Trinajstić information content (AvgIpc) is 3.15. The van der Waals surface area contributed by atoms with Crippen LogP contribution >= 0.6 is 12.4 Å². The maximum absolute atomic E-state index is 12.7. The Hall–Kier alpha value is -1.35. The van der Waals surface area contributed by atoms with Crippen molar-refractivity contribution in [2.75, 3.05) is 39.8 Å². The van der Waals surface area contributed by atoms with Gasteiger partial charge >= 0.3 is 0 Å². The van der Waals surface area contributed by atoms with Crippen LogP contribution in [0.25, 0.3) is 0 Å². The number of ether oxygens (including phenoxy) is 1. The fraction of sp³-hybridized carbons (Fsp3) is 0.611. The summed E-state index contributed by atoms with van der Waals surface area (Å²) < 4.78 is 32.0. The minimum atomic E-state index is -3.63. The van der Waals surface area contributed by atoms with Crippen molar-refractivity contribution >= 4 is 28.3 Å². The van der Waals surface area contributed by atoms with Gasteiger partial charge in [0.15, 0.2) is 0 Å². The van der Waals surface area contributed by atoms with Crippen LogP contribution < -0.4 is 15.4 Å². The number of rotatable bonds is 9. The maximum atomic E-state index is 12.7. The lowest BCUT2D eigenvalue weighted by Gasteiger charge is -2.19. The molecule has 27 heavy (non-hydrogen) atoms. The molecule has 1 aliphatic heterocycles. The predicted octanol–water partition coefficient (Wildman–Crippen LogP) is 1.88. The van der Waals surface area contributed by atoms with E-state index in [1.54, 1.807) is 13.8 Å². The fourth-order valence-electron chi connectivity index (χ4n) is 3.18. The molecule has 0 spiro atoms. The molecule has 0 saturated carbocycles. The second-order valence-electron chi connectivity index (χ2n) is 6.35. The number of methoxy groups -OCH3 is 1. The molecule has 0 aromatic heterocycles. The molecule has 1 saturated heterocycles. The molecule has 1 atom stereocenters. The first-order valence-corrected chi connectivity index (χ1v) is 10.5. The van der Waals surface area contributed by atoms with Crippen molar-refractivity contribution in [1.29, 1.82) is 0 Å². The molecule has 1 heterocycles. The SMILES string of the molecule is CCN(CC)S(=O)(=O)c1ccc(OC)c(C(=O)NCCC2CCNC2)c1.Cl. The molecule has 1 amide bonds. The second-order valence-corrected chi connectivity index (χ2v) is 8.29. The fourth-order valence-corrected chi connectivity index (χ4v) is 4.67. The van der Waals surface area contributed by atoms with Crippen LogP contribution in [0.2, 0.25) is 0 Å². The Morgan fingerprint density at radius 1 is 1.33 bits per heavy atom. The summed E-state index contributed by atoms with van der Waals surface area (Å²) in [6.45, 7) is 6.89. The standard InChI is InChI=1S/C18H29N3O4S.ClH/c1-4-21(5-2)26(23,24)15-6-7-17(25-3)16(12-15)18(22)20-11-9-14-8-10-19-13-14;/h6-7,12,14,19H,4-5,8-11,13H2,1-3H3,(H,20,22);1H. The number of sulfonamides is 1. The van der Waals surface area contributed by atoms with Crippen LogP contribution in [0.4, 0.5) is 0 Å². The van der Waals surface area contributed by atoms with Gasteiger partial charge in [0.25, 0.3) is 5.91 Å². The van der Waals surface area contributed by atoms with E-state index in [4.69, 9.17) is 4.74 Å². The zero-order chi connectivity index (χ0) is 19.2. The number of carbonyl (C=O) groups excluding carboxylic acids is 1. The third-order valence-corrected chi connectivity index (χ3v) is 6.81. The zero-order valence-electron chi connectivity index (χ0n) is 16.2. The van der Waals surface area contributed by atoms with Gasteiger partial charge < -0.3 is 15.4 Å². The molecule has 1 unspecified atom stereocenters. The molecule has 7 nitrogen and oxygen atoms in total. The van der Waals surface area contributed by atoms with Gasteiger partial charge in [0, 0.05) is 19.6 Å². The van der Waals surface area contributed by atoms with E-state index in [2.05, 4.69) is 10.6 Å². The molecule has 1 aromatic carbocycles. The summed E-state index contributed by atoms with van der Waals surface area (Å²) in [5.74, 6) is 0.625. The molecule has 0 radical (unpaired) electrons. The highest BCUT2D eigenvalue weighted by atomic mass is 35.5. The zero-order valence-corrected chi connectivity index (χ0v) is 17.8. The first-order chi connectivity index (χ1) is 12.4. The number of halogens is 1. The van der Waals surface area contributed by atoms with E-state index in [1.165, 1.54) is 29.6 Å². The molecule has 154 valence electrons. The number of carbonyl (C=O) groups is 1. The summed E-state index contributed by atoms with van der Waals surface area (Å²) in [4.78, 5) is 12.7. The molecule has 0 bridgehead atoms. The lowest BCUT2D eigenvalue weighted by molar-refractivity contribution is 0.0948. The van der Waals surface area contributed by atoms with Crippen molar-refractivity contribution in [3.8, 4) is 5.75 Å². The molecule has 9 heteroatoms. The van der Waals surface area contributed by atoms with E-state index >= 15 is 0 Å². The van der Waals surface area contributed by atoms with Crippen molar-refractivity contribution in [2.45, 2.75) is 31.6 Å². The van der Waals surface area contributed by atoms with Crippen LogP contribution in [0.1, 0.15) is 37.0 Å². The summed E-state index contributed by atoms with van der Waals surface area (Å²) in [6, 6.07) is 4.42. The monoisotopic (exact) mass is 419 g/mol. The minimum Gasteiger partial charge on any atom is -0.496 e. The highest BCUT2D eigenvalue weighted by Gasteiger charge is 2.24. The molecule has 0 aliphatic carbocycles. The lowest BCUT2D eigenvalue weighted by Crippen LogP contribution is -2.31. The summed E-state index contributed by atoms with van der Waals surface area (Å²) in [7, 11) is -2.16. The summed E-state index contributed by atoms with van der Waals surface area (Å²) in [6.07, 6.45) is 2.02. The molecular weight excluding hydrogens is 390 g/mol. The van der Waals surface area contributed by atoms with Crippen LogP contribution in [0.3, 0.4) is 0 Å². The first-order valence-electron chi connectivity index (χ1n) is 9.11. The Balaban J connectivity index is 0.00000364. The van der Waals surface area contributed by atoms with Crippen molar-refractivity contribution in [2.24, 2.45) is 5.92 Å². The van der Waals surface area contributed by atoms with Gasteiger partial charge in [-0.15, -0.1) is 12.4 Å². The van der Waals surface area contributed by atoms with E-state index in [-0.39, 0.29) is 28.8 Å². The third kappa shape index (κ3) is 5.81. The van der Waals surface area contributed by atoms with E-state index < -0.39 is 10.0 Å². The van der Waals surface area contributed by atoms with Gasteiger partial charge in [0.2, 0.25) is 10.0 Å². The minimum absolute atomic E-state index is 0. The van der Waals surface area contributed by atoms with Crippen molar-refractivity contribution in [3.63, 3.8) is 0 Å². The number of nitrogens with zero attached hydrogens (tertiary/aromatic N) is 1. The van der Waals surface area contributed by atoms with Crippen LogP contribution in [-0.4, -0.2) is 58.5 Å². The van der Waals surface area contributed by atoms with Gasteiger partial charge in [-0.2, -0.15) is 4.31 Å². The van der Waals surface area contributed by atoms with Gasteiger partial charge in [-0.1, -0.05) is 13.8 Å². The quantitative estimate of drug-likeness (QED) is 0.638. The van der Waals surface area contributed by atoms with Crippen molar-refractivity contribution in [3.05, 3.63) is 23.8 Å². The molecule has 1 fully saturated rings. The van der Waals surface area contributed by atoms with E-state index in [1.807, 2.05) is 0 Å². The van der Waals surface area contributed by atoms with Gasteiger partial charge in [0.05, 0.1) is 17.6 Å².